The van der Waals surface area contributed by atoms with Crippen molar-refractivity contribution in [2.24, 2.45) is 5.92 Å². The van der Waals surface area contributed by atoms with Crippen molar-refractivity contribution in [1.82, 2.24) is 0 Å². The molecule has 17 heavy (non-hydrogen) atoms. The third-order valence-corrected chi connectivity index (χ3v) is 3.49. The molecule has 1 aromatic rings. The molecule has 1 heterocycles. The molecule has 1 aliphatic rings. The Morgan fingerprint density at radius 2 is 2.06 bits per heavy atom. The summed E-state index contributed by atoms with van der Waals surface area (Å²) in [6, 6.07) is 5.92. The highest BCUT2D eigenvalue weighted by Crippen LogP contribution is 2.32. The van der Waals surface area contributed by atoms with Gasteiger partial charge in [-0.2, -0.15) is 0 Å². The van der Waals surface area contributed by atoms with Crippen molar-refractivity contribution in [2.75, 3.05) is 20.3 Å². The van der Waals surface area contributed by atoms with Gasteiger partial charge < -0.3 is 14.6 Å². The van der Waals surface area contributed by atoms with Gasteiger partial charge in [-0.1, -0.05) is 12.1 Å². The van der Waals surface area contributed by atoms with Crippen LogP contribution in [0.25, 0.3) is 0 Å². The lowest BCUT2D eigenvalue weighted by molar-refractivity contribution is 0.00712. The van der Waals surface area contributed by atoms with Crippen molar-refractivity contribution < 1.29 is 14.6 Å². The fraction of sp³-hybridized carbons (Fsp3) is 0.571. The number of methoxy groups -OCH3 is 1. The molecule has 3 nitrogen and oxygen atoms in total. The van der Waals surface area contributed by atoms with Crippen LogP contribution in [0.2, 0.25) is 0 Å². The van der Waals surface area contributed by atoms with Gasteiger partial charge in [0.05, 0.1) is 13.2 Å². The summed E-state index contributed by atoms with van der Waals surface area (Å²) < 4.78 is 10.6. The molecule has 1 aliphatic heterocycles. The van der Waals surface area contributed by atoms with Crippen molar-refractivity contribution in [3.05, 3.63) is 29.3 Å². The van der Waals surface area contributed by atoms with Crippen molar-refractivity contribution in [3.63, 3.8) is 0 Å². The summed E-state index contributed by atoms with van der Waals surface area (Å²) in [6.45, 7) is 3.51. The third kappa shape index (κ3) is 2.79. The van der Waals surface area contributed by atoms with Crippen LogP contribution < -0.4 is 4.74 Å². The second kappa shape index (κ2) is 5.52. The molecule has 0 spiro atoms. The maximum absolute atomic E-state index is 10.3. The zero-order chi connectivity index (χ0) is 12.3. The van der Waals surface area contributed by atoms with E-state index >= 15 is 0 Å². The van der Waals surface area contributed by atoms with Crippen LogP contribution in [0.5, 0.6) is 5.75 Å². The number of hydrogen-bond donors (Lipinski definition) is 1. The van der Waals surface area contributed by atoms with Crippen molar-refractivity contribution in [1.29, 1.82) is 0 Å². The minimum atomic E-state index is -0.409. The molecule has 0 aliphatic carbocycles. The fourth-order valence-electron chi connectivity index (χ4n) is 2.32. The zero-order valence-electron chi connectivity index (χ0n) is 10.5. The average Bonchev–Trinajstić information content (AvgIpc) is 2.39. The molecule has 3 heteroatoms. The topological polar surface area (TPSA) is 38.7 Å². The van der Waals surface area contributed by atoms with Gasteiger partial charge in [0, 0.05) is 13.2 Å². The summed E-state index contributed by atoms with van der Waals surface area (Å²) in [5.74, 6) is 1.14. The van der Waals surface area contributed by atoms with Crippen LogP contribution in [0, 0.1) is 12.8 Å². The van der Waals surface area contributed by atoms with Gasteiger partial charge in [-0.3, -0.25) is 0 Å². The Labute approximate surface area is 102 Å². The van der Waals surface area contributed by atoms with Crippen LogP contribution >= 0.6 is 0 Å². The van der Waals surface area contributed by atoms with Crippen LogP contribution in [-0.2, 0) is 4.74 Å². The van der Waals surface area contributed by atoms with Crippen molar-refractivity contribution in [3.8, 4) is 5.75 Å². The number of aryl methyl sites for hydroxylation is 1. The van der Waals surface area contributed by atoms with Gasteiger partial charge in [0.25, 0.3) is 0 Å². The first-order chi connectivity index (χ1) is 8.22. The molecule has 2 rings (SSSR count). The first-order valence-corrected chi connectivity index (χ1v) is 6.12. The van der Waals surface area contributed by atoms with Gasteiger partial charge in [-0.05, 0) is 42.9 Å². The molecule has 1 N–H and O–H groups in total. The highest BCUT2D eigenvalue weighted by atomic mass is 16.5. The maximum atomic E-state index is 10.3. The first kappa shape index (κ1) is 12.4. The Morgan fingerprint density at radius 1 is 1.35 bits per heavy atom. The van der Waals surface area contributed by atoms with Crippen LogP contribution in [0.4, 0.5) is 0 Å². The molecule has 1 aromatic carbocycles. The summed E-state index contributed by atoms with van der Waals surface area (Å²) in [5, 5.41) is 10.3. The molecule has 0 saturated carbocycles. The molecule has 1 saturated heterocycles. The van der Waals surface area contributed by atoms with Crippen LogP contribution in [-0.4, -0.2) is 25.4 Å². The molecule has 0 aromatic heterocycles. The van der Waals surface area contributed by atoms with E-state index in [0.717, 1.165) is 42.9 Å². The molecule has 94 valence electrons. The molecule has 1 atom stereocenters. The SMILES string of the molecule is COc1cc(C(O)C2CCOCC2)ccc1C. The highest BCUT2D eigenvalue weighted by molar-refractivity contribution is 5.37. The molecule has 0 amide bonds. The molecule has 1 unspecified atom stereocenters. The fourth-order valence-corrected chi connectivity index (χ4v) is 2.32. The second-order valence-electron chi connectivity index (χ2n) is 4.62. The van der Waals surface area contributed by atoms with Gasteiger partial charge in [-0.15, -0.1) is 0 Å². The van der Waals surface area contributed by atoms with Crippen LogP contribution in [0.1, 0.15) is 30.1 Å². The quantitative estimate of drug-likeness (QED) is 0.876. The Morgan fingerprint density at radius 3 is 2.71 bits per heavy atom. The standard InChI is InChI=1S/C14H20O3/c1-10-3-4-12(9-13(10)16-2)14(15)11-5-7-17-8-6-11/h3-4,9,11,14-15H,5-8H2,1-2H3. The molecular formula is C14H20O3. The first-order valence-electron chi connectivity index (χ1n) is 6.12. The number of rotatable bonds is 3. The molecule has 0 bridgehead atoms. The molecule has 0 radical (unpaired) electrons. The van der Waals surface area contributed by atoms with Crippen LogP contribution in [0.3, 0.4) is 0 Å². The van der Waals surface area contributed by atoms with E-state index in [9.17, 15) is 5.11 Å². The van der Waals surface area contributed by atoms with E-state index in [1.54, 1.807) is 7.11 Å². The van der Waals surface area contributed by atoms with E-state index < -0.39 is 6.10 Å². The Kier molecular flexibility index (Phi) is 4.02. The van der Waals surface area contributed by atoms with Gasteiger partial charge >= 0.3 is 0 Å². The summed E-state index contributed by atoms with van der Waals surface area (Å²) in [6.07, 6.45) is 1.45. The average molecular weight is 236 g/mol. The largest absolute Gasteiger partial charge is 0.496 e. The smallest absolute Gasteiger partial charge is 0.122 e. The Bertz CT molecular complexity index is 370. The summed E-state index contributed by atoms with van der Waals surface area (Å²) in [4.78, 5) is 0. The lowest BCUT2D eigenvalue weighted by Gasteiger charge is -2.27. The number of ether oxygens (including phenoxy) is 2. The van der Waals surface area contributed by atoms with E-state index in [1.807, 2.05) is 25.1 Å². The Balaban J connectivity index is 2.15. The maximum Gasteiger partial charge on any atom is 0.122 e. The minimum Gasteiger partial charge on any atom is -0.496 e. The Hall–Kier alpha value is -1.06. The summed E-state index contributed by atoms with van der Waals surface area (Å²) in [5.41, 5.74) is 2.04. The monoisotopic (exact) mass is 236 g/mol. The van der Waals surface area contributed by atoms with E-state index in [4.69, 9.17) is 9.47 Å². The lowest BCUT2D eigenvalue weighted by atomic mass is 9.89. The van der Waals surface area contributed by atoms with Gasteiger partial charge in [0.2, 0.25) is 0 Å². The van der Waals surface area contributed by atoms with Gasteiger partial charge in [0.1, 0.15) is 5.75 Å². The molecule has 1 fully saturated rings. The predicted octanol–water partition coefficient (Wildman–Crippen LogP) is 2.46. The number of benzene rings is 1. The van der Waals surface area contributed by atoms with Crippen LogP contribution in [0.15, 0.2) is 18.2 Å². The van der Waals surface area contributed by atoms with Crippen molar-refractivity contribution in [2.45, 2.75) is 25.9 Å². The number of aliphatic hydroxyl groups excluding tert-OH is 1. The van der Waals surface area contributed by atoms with E-state index in [0.29, 0.717) is 5.92 Å². The summed E-state index contributed by atoms with van der Waals surface area (Å²) in [7, 11) is 1.66. The normalized spacial score (nSPS) is 19.0. The predicted molar refractivity (Wildman–Crippen MR) is 66.2 cm³/mol. The van der Waals surface area contributed by atoms with E-state index in [-0.39, 0.29) is 0 Å². The lowest BCUT2D eigenvalue weighted by Crippen LogP contribution is -2.22. The highest BCUT2D eigenvalue weighted by Gasteiger charge is 2.23. The second-order valence-corrected chi connectivity index (χ2v) is 4.62. The summed E-state index contributed by atoms with van der Waals surface area (Å²) >= 11 is 0. The molecular weight excluding hydrogens is 216 g/mol. The number of aliphatic hydroxyl groups is 1. The van der Waals surface area contributed by atoms with Gasteiger partial charge in [0.15, 0.2) is 0 Å². The zero-order valence-corrected chi connectivity index (χ0v) is 10.5. The number of hydrogen-bond acceptors (Lipinski definition) is 3. The minimum absolute atomic E-state index is 0.302. The van der Waals surface area contributed by atoms with Crippen molar-refractivity contribution >= 4 is 0 Å². The third-order valence-electron chi connectivity index (χ3n) is 3.49. The van der Waals surface area contributed by atoms with Gasteiger partial charge in [-0.25, -0.2) is 0 Å². The van der Waals surface area contributed by atoms with E-state index in [1.165, 1.54) is 0 Å². The van der Waals surface area contributed by atoms with E-state index in [2.05, 4.69) is 0 Å².